The van der Waals surface area contributed by atoms with Crippen molar-refractivity contribution in [3.8, 4) is 123 Å². The molecule has 0 spiro atoms. The highest BCUT2D eigenvalue weighted by atomic mass is 15.0. The standard InChI is InChI=1S/C69H47N3/c1-7-21-48(22-8-1)54-33-19-35-58(41-54)67-70-68(59-36-20-34-55(42-59)49-23-9-2-10-24-49)72-69(71-67)62-44-60(56-37-39-63(50-25-11-3-12-26-50)65(46-56)52-29-15-5-16-30-52)43-61(45-62)57-38-40-64(51-27-13-4-14-28-51)66(47-57)53-31-17-6-18-32-53/h1-47H. The van der Waals surface area contributed by atoms with E-state index in [4.69, 9.17) is 15.0 Å². The summed E-state index contributed by atoms with van der Waals surface area (Å²) in [5.74, 6) is 1.78. The lowest BCUT2D eigenvalue weighted by Gasteiger charge is -2.17. The van der Waals surface area contributed by atoms with Gasteiger partial charge in [0.15, 0.2) is 17.5 Å². The van der Waals surface area contributed by atoms with Gasteiger partial charge in [0.25, 0.3) is 0 Å². The van der Waals surface area contributed by atoms with Crippen LogP contribution in [0.15, 0.2) is 285 Å². The Kier molecular flexibility index (Phi) is 12.0. The maximum Gasteiger partial charge on any atom is 0.164 e. The van der Waals surface area contributed by atoms with Gasteiger partial charge in [-0.3, -0.25) is 0 Å². The van der Waals surface area contributed by atoms with Crippen molar-refractivity contribution in [2.24, 2.45) is 0 Å². The second kappa shape index (κ2) is 19.8. The fraction of sp³-hybridized carbons (Fsp3) is 0. The molecular weight excluding hydrogens is 871 g/mol. The maximum atomic E-state index is 5.40. The fourth-order valence-corrected chi connectivity index (χ4v) is 9.69. The lowest BCUT2D eigenvalue weighted by atomic mass is 9.88. The van der Waals surface area contributed by atoms with Crippen LogP contribution in [0.5, 0.6) is 0 Å². The fourth-order valence-electron chi connectivity index (χ4n) is 9.69. The van der Waals surface area contributed by atoms with Gasteiger partial charge < -0.3 is 0 Å². The van der Waals surface area contributed by atoms with Crippen molar-refractivity contribution in [2.45, 2.75) is 0 Å². The summed E-state index contributed by atoms with van der Waals surface area (Å²) in [4.78, 5) is 16.1. The van der Waals surface area contributed by atoms with Gasteiger partial charge in [0.1, 0.15) is 0 Å². The van der Waals surface area contributed by atoms with E-state index in [2.05, 4.69) is 273 Å². The van der Waals surface area contributed by atoms with E-state index in [1.54, 1.807) is 0 Å². The summed E-state index contributed by atoms with van der Waals surface area (Å²) in [7, 11) is 0. The third-order valence-corrected chi connectivity index (χ3v) is 13.3. The molecule has 72 heavy (non-hydrogen) atoms. The van der Waals surface area contributed by atoms with Crippen LogP contribution in [0.2, 0.25) is 0 Å². The molecule has 338 valence electrons. The molecule has 0 atom stereocenters. The van der Waals surface area contributed by atoms with Gasteiger partial charge in [0.2, 0.25) is 0 Å². The largest absolute Gasteiger partial charge is 0.208 e. The number of aromatic nitrogens is 3. The van der Waals surface area contributed by atoms with E-state index in [-0.39, 0.29) is 0 Å². The highest BCUT2D eigenvalue weighted by Gasteiger charge is 2.19. The third-order valence-electron chi connectivity index (χ3n) is 13.3. The van der Waals surface area contributed by atoms with Crippen LogP contribution >= 0.6 is 0 Å². The average Bonchev–Trinajstić information content (AvgIpc) is 3.48. The summed E-state index contributed by atoms with van der Waals surface area (Å²) in [6.45, 7) is 0. The molecule has 3 heteroatoms. The summed E-state index contributed by atoms with van der Waals surface area (Å²) in [6.07, 6.45) is 0. The number of hydrogen-bond donors (Lipinski definition) is 0. The van der Waals surface area contributed by atoms with Gasteiger partial charge in [-0.25, -0.2) is 15.0 Å². The van der Waals surface area contributed by atoms with Crippen LogP contribution in [0, 0.1) is 0 Å². The van der Waals surface area contributed by atoms with Crippen LogP contribution in [0.25, 0.3) is 123 Å². The van der Waals surface area contributed by atoms with Gasteiger partial charge in [-0.2, -0.15) is 0 Å². The summed E-state index contributed by atoms with van der Waals surface area (Å²) >= 11 is 0. The van der Waals surface area contributed by atoms with Crippen molar-refractivity contribution < 1.29 is 0 Å². The van der Waals surface area contributed by atoms with Gasteiger partial charge in [0.05, 0.1) is 0 Å². The molecule has 0 aliphatic heterocycles. The summed E-state index contributed by atoms with van der Waals surface area (Å²) in [5, 5.41) is 0. The van der Waals surface area contributed by atoms with Crippen molar-refractivity contribution >= 4 is 0 Å². The second-order valence-corrected chi connectivity index (χ2v) is 18.0. The van der Waals surface area contributed by atoms with Gasteiger partial charge >= 0.3 is 0 Å². The molecule has 1 heterocycles. The van der Waals surface area contributed by atoms with Crippen LogP contribution < -0.4 is 0 Å². The van der Waals surface area contributed by atoms with Crippen LogP contribution in [0.4, 0.5) is 0 Å². The Hall–Kier alpha value is -9.57. The molecule has 0 bridgehead atoms. The van der Waals surface area contributed by atoms with E-state index in [9.17, 15) is 0 Å². The molecule has 12 rings (SSSR count). The molecule has 0 fully saturated rings. The second-order valence-electron chi connectivity index (χ2n) is 18.0. The van der Waals surface area contributed by atoms with Crippen molar-refractivity contribution in [3.63, 3.8) is 0 Å². The molecule has 1 aromatic heterocycles. The zero-order chi connectivity index (χ0) is 48.1. The molecule has 0 aliphatic carbocycles. The van der Waals surface area contributed by atoms with Crippen LogP contribution in [-0.2, 0) is 0 Å². The third kappa shape index (κ3) is 9.19. The molecule has 0 amide bonds. The minimum Gasteiger partial charge on any atom is -0.208 e. The van der Waals surface area contributed by atoms with Crippen LogP contribution in [0.3, 0.4) is 0 Å². The predicted molar refractivity (Wildman–Crippen MR) is 300 cm³/mol. The lowest BCUT2D eigenvalue weighted by Crippen LogP contribution is -2.01. The van der Waals surface area contributed by atoms with E-state index < -0.39 is 0 Å². The molecule has 11 aromatic carbocycles. The Morgan fingerprint density at radius 1 is 0.139 bits per heavy atom. The summed E-state index contributed by atoms with van der Waals surface area (Å²) in [5.41, 5.74) is 20.7. The van der Waals surface area contributed by atoms with E-state index in [0.717, 1.165) is 83.5 Å². The van der Waals surface area contributed by atoms with Crippen molar-refractivity contribution in [1.29, 1.82) is 0 Å². The zero-order valence-electron chi connectivity index (χ0n) is 39.5. The summed E-state index contributed by atoms with van der Waals surface area (Å²) < 4.78 is 0. The molecule has 3 nitrogen and oxygen atoms in total. The first-order chi connectivity index (χ1) is 35.7. The normalized spacial score (nSPS) is 11.1. The van der Waals surface area contributed by atoms with E-state index in [1.165, 1.54) is 22.3 Å². The first kappa shape index (κ1) is 43.7. The zero-order valence-corrected chi connectivity index (χ0v) is 39.5. The molecule has 0 N–H and O–H groups in total. The molecular formula is C69H47N3. The monoisotopic (exact) mass is 917 g/mol. The predicted octanol–water partition coefficient (Wildman–Crippen LogP) is 18.2. The Morgan fingerprint density at radius 2 is 0.389 bits per heavy atom. The van der Waals surface area contributed by atoms with Crippen LogP contribution in [-0.4, -0.2) is 15.0 Å². The average molecular weight is 918 g/mol. The topological polar surface area (TPSA) is 38.7 Å². The Morgan fingerprint density at radius 3 is 0.750 bits per heavy atom. The SMILES string of the molecule is c1ccc(-c2cccc(-c3nc(-c4cccc(-c5ccccc5)c4)nc(-c4cc(-c5ccc(-c6ccccc6)c(-c6ccccc6)c5)cc(-c5ccc(-c6ccccc6)c(-c6ccccc6)c5)c4)n3)c2)cc1. The molecule has 0 saturated carbocycles. The first-order valence-electron chi connectivity index (χ1n) is 24.4. The van der Waals surface area contributed by atoms with Gasteiger partial charge in [-0.05, 0) is 131 Å². The quantitative estimate of drug-likeness (QED) is 0.130. The Labute approximate surface area is 421 Å². The lowest BCUT2D eigenvalue weighted by molar-refractivity contribution is 1.07. The van der Waals surface area contributed by atoms with Crippen LogP contribution in [0.1, 0.15) is 0 Å². The van der Waals surface area contributed by atoms with Gasteiger partial charge in [-0.15, -0.1) is 0 Å². The van der Waals surface area contributed by atoms with Gasteiger partial charge in [-0.1, -0.05) is 243 Å². The van der Waals surface area contributed by atoms with E-state index >= 15 is 0 Å². The van der Waals surface area contributed by atoms with Crippen molar-refractivity contribution in [3.05, 3.63) is 285 Å². The maximum absolute atomic E-state index is 5.40. The molecule has 0 radical (unpaired) electrons. The van der Waals surface area contributed by atoms with Gasteiger partial charge in [0, 0.05) is 16.7 Å². The Balaban J connectivity index is 1.09. The minimum absolute atomic E-state index is 0.585. The number of benzene rings is 11. The molecule has 0 unspecified atom stereocenters. The number of nitrogens with zero attached hydrogens (tertiary/aromatic N) is 3. The van der Waals surface area contributed by atoms with Crippen molar-refractivity contribution in [2.75, 3.05) is 0 Å². The Bertz CT molecular complexity index is 3570. The first-order valence-corrected chi connectivity index (χ1v) is 24.4. The number of hydrogen-bond acceptors (Lipinski definition) is 3. The highest BCUT2D eigenvalue weighted by Crippen LogP contribution is 2.41. The van der Waals surface area contributed by atoms with Crippen molar-refractivity contribution in [1.82, 2.24) is 15.0 Å². The molecule has 12 aromatic rings. The van der Waals surface area contributed by atoms with E-state index in [1.807, 2.05) is 12.1 Å². The summed E-state index contributed by atoms with van der Waals surface area (Å²) in [6, 6.07) is 101. The molecule has 0 aliphatic rings. The minimum atomic E-state index is 0.585. The highest BCUT2D eigenvalue weighted by molar-refractivity contribution is 5.91. The van der Waals surface area contributed by atoms with E-state index in [0.29, 0.717) is 17.5 Å². The number of rotatable bonds is 11. The molecule has 0 saturated heterocycles. The smallest absolute Gasteiger partial charge is 0.164 e.